The summed E-state index contributed by atoms with van der Waals surface area (Å²) in [6.45, 7) is 4.60. The van der Waals surface area contributed by atoms with Gasteiger partial charge in [-0.15, -0.1) is 0 Å². The van der Waals surface area contributed by atoms with E-state index in [0.717, 1.165) is 30.2 Å². The zero-order valence-electron chi connectivity index (χ0n) is 18.1. The SMILES string of the molecule is Cc1nc(Nc2ccccn2)cc(N2CCN(C(=O)C3CCc4ccccc4O3)CC2)n1. The first-order valence-corrected chi connectivity index (χ1v) is 11.0. The lowest BCUT2D eigenvalue weighted by atomic mass is 10.0. The number of rotatable bonds is 4. The van der Waals surface area contributed by atoms with Crippen molar-refractivity contribution in [3.63, 3.8) is 0 Å². The van der Waals surface area contributed by atoms with Gasteiger partial charge < -0.3 is 19.9 Å². The van der Waals surface area contributed by atoms with Crippen LogP contribution in [0.5, 0.6) is 5.75 Å². The van der Waals surface area contributed by atoms with Gasteiger partial charge in [0.05, 0.1) is 0 Å². The quantitative estimate of drug-likeness (QED) is 0.681. The lowest BCUT2D eigenvalue weighted by molar-refractivity contribution is -0.139. The molecule has 2 aliphatic heterocycles. The van der Waals surface area contributed by atoms with Gasteiger partial charge in [0.1, 0.15) is 29.0 Å². The molecule has 0 spiro atoms. The van der Waals surface area contributed by atoms with E-state index in [4.69, 9.17) is 4.74 Å². The molecule has 1 saturated heterocycles. The highest BCUT2D eigenvalue weighted by atomic mass is 16.5. The third kappa shape index (κ3) is 4.34. The fraction of sp³-hybridized carbons (Fsp3) is 0.333. The Morgan fingerprint density at radius 1 is 1.03 bits per heavy atom. The number of piperazine rings is 1. The third-order valence-corrected chi connectivity index (χ3v) is 5.85. The third-order valence-electron chi connectivity index (χ3n) is 5.85. The number of anilines is 3. The summed E-state index contributed by atoms with van der Waals surface area (Å²) in [5.41, 5.74) is 1.18. The van der Waals surface area contributed by atoms with E-state index < -0.39 is 6.10 Å². The second-order valence-electron chi connectivity index (χ2n) is 8.06. The number of hydrogen-bond acceptors (Lipinski definition) is 7. The van der Waals surface area contributed by atoms with Crippen LogP contribution in [0.15, 0.2) is 54.7 Å². The smallest absolute Gasteiger partial charge is 0.263 e. The van der Waals surface area contributed by atoms with Gasteiger partial charge >= 0.3 is 0 Å². The van der Waals surface area contributed by atoms with Crippen LogP contribution in [0.2, 0.25) is 0 Å². The topological polar surface area (TPSA) is 83.5 Å². The molecule has 32 heavy (non-hydrogen) atoms. The zero-order valence-corrected chi connectivity index (χ0v) is 18.1. The molecule has 8 nitrogen and oxygen atoms in total. The second kappa shape index (κ2) is 8.82. The van der Waals surface area contributed by atoms with E-state index in [-0.39, 0.29) is 5.91 Å². The highest BCUT2D eigenvalue weighted by molar-refractivity contribution is 5.82. The molecule has 4 heterocycles. The van der Waals surface area contributed by atoms with Gasteiger partial charge in [0.2, 0.25) is 0 Å². The van der Waals surface area contributed by atoms with Crippen LogP contribution < -0.4 is 15.0 Å². The van der Waals surface area contributed by atoms with Crippen molar-refractivity contribution >= 4 is 23.4 Å². The van der Waals surface area contributed by atoms with Gasteiger partial charge in [-0.3, -0.25) is 4.79 Å². The van der Waals surface area contributed by atoms with Crippen LogP contribution in [0.3, 0.4) is 0 Å². The minimum atomic E-state index is -0.396. The van der Waals surface area contributed by atoms with Crippen molar-refractivity contribution < 1.29 is 9.53 Å². The van der Waals surface area contributed by atoms with Crippen LogP contribution in [-0.4, -0.2) is 58.0 Å². The number of fused-ring (bicyclic) bond motifs is 1. The molecule has 1 aromatic carbocycles. The fourth-order valence-corrected chi connectivity index (χ4v) is 4.20. The molecule has 3 aromatic rings. The number of hydrogen-bond donors (Lipinski definition) is 1. The largest absolute Gasteiger partial charge is 0.480 e. The van der Waals surface area contributed by atoms with Crippen LogP contribution in [0.25, 0.3) is 0 Å². The van der Waals surface area contributed by atoms with Crippen molar-refractivity contribution in [2.45, 2.75) is 25.9 Å². The molecule has 0 aliphatic carbocycles. The van der Waals surface area contributed by atoms with E-state index in [1.807, 2.05) is 54.3 Å². The van der Waals surface area contributed by atoms with Crippen LogP contribution in [0.4, 0.5) is 17.5 Å². The van der Waals surface area contributed by atoms with Gasteiger partial charge in [-0.2, -0.15) is 0 Å². The first-order chi connectivity index (χ1) is 15.7. The molecule has 1 fully saturated rings. The molecule has 0 saturated carbocycles. The summed E-state index contributed by atoms with van der Waals surface area (Å²) >= 11 is 0. The van der Waals surface area contributed by atoms with Crippen molar-refractivity contribution in [3.05, 3.63) is 66.1 Å². The summed E-state index contributed by atoms with van der Waals surface area (Å²) in [4.78, 5) is 30.5. The number of nitrogens with one attached hydrogen (secondary N) is 1. The Morgan fingerprint density at radius 3 is 2.66 bits per heavy atom. The predicted octanol–water partition coefficient (Wildman–Crippen LogP) is 2.97. The molecule has 1 N–H and O–H groups in total. The Hall–Kier alpha value is -3.68. The standard InChI is InChI=1S/C24H26N6O2/c1-17-26-22(28-21-8-4-5-11-25-21)16-23(27-17)29-12-14-30(15-13-29)24(31)20-10-9-18-6-2-3-7-19(18)32-20/h2-8,11,16,20H,9-10,12-15H2,1H3,(H,25,26,27,28). The van der Waals surface area contributed by atoms with E-state index in [2.05, 4.69) is 31.2 Å². The minimum absolute atomic E-state index is 0.0792. The van der Waals surface area contributed by atoms with Crippen molar-refractivity contribution in [3.8, 4) is 5.75 Å². The van der Waals surface area contributed by atoms with Crippen molar-refractivity contribution in [2.24, 2.45) is 0 Å². The Bertz CT molecular complexity index is 1100. The fourth-order valence-electron chi connectivity index (χ4n) is 4.20. The maximum absolute atomic E-state index is 13.1. The van der Waals surface area contributed by atoms with E-state index in [0.29, 0.717) is 37.8 Å². The summed E-state index contributed by atoms with van der Waals surface area (Å²) < 4.78 is 6.01. The highest BCUT2D eigenvalue weighted by Gasteiger charge is 2.31. The summed E-state index contributed by atoms with van der Waals surface area (Å²) in [5.74, 6) is 3.90. The number of ether oxygens (including phenoxy) is 1. The minimum Gasteiger partial charge on any atom is -0.480 e. The Kier molecular flexibility index (Phi) is 5.58. The molecule has 164 valence electrons. The molecule has 1 amide bonds. The van der Waals surface area contributed by atoms with Crippen molar-refractivity contribution in [2.75, 3.05) is 36.4 Å². The maximum atomic E-state index is 13.1. The van der Waals surface area contributed by atoms with Gasteiger partial charge in [-0.25, -0.2) is 15.0 Å². The van der Waals surface area contributed by atoms with Gasteiger partial charge in [-0.05, 0) is 43.5 Å². The van der Waals surface area contributed by atoms with E-state index in [1.54, 1.807) is 6.20 Å². The number of pyridine rings is 1. The lowest BCUT2D eigenvalue weighted by Gasteiger charge is -2.37. The lowest BCUT2D eigenvalue weighted by Crippen LogP contribution is -2.53. The summed E-state index contributed by atoms with van der Waals surface area (Å²) in [5, 5.41) is 3.23. The number of aromatic nitrogens is 3. The number of nitrogens with zero attached hydrogens (tertiary/aromatic N) is 5. The first kappa shape index (κ1) is 20.2. The van der Waals surface area contributed by atoms with Gasteiger partial charge in [0, 0.05) is 38.4 Å². The summed E-state index contributed by atoms with van der Waals surface area (Å²) in [7, 11) is 0. The predicted molar refractivity (Wildman–Crippen MR) is 122 cm³/mol. The number of carbonyl (C=O) groups is 1. The zero-order chi connectivity index (χ0) is 21.9. The molecule has 1 atom stereocenters. The molecule has 2 aromatic heterocycles. The number of aryl methyl sites for hydroxylation is 2. The van der Waals surface area contributed by atoms with Crippen LogP contribution in [0, 0.1) is 6.92 Å². The average molecular weight is 431 g/mol. The van der Waals surface area contributed by atoms with Crippen molar-refractivity contribution in [1.82, 2.24) is 19.9 Å². The van der Waals surface area contributed by atoms with Gasteiger partial charge in [0.15, 0.2) is 6.10 Å². The number of amides is 1. The molecular formula is C24H26N6O2. The number of carbonyl (C=O) groups excluding carboxylic acids is 1. The molecule has 2 aliphatic rings. The van der Waals surface area contributed by atoms with Gasteiger partial charge in [0.25, 0.3) is 5.91 Å². The van der Waals surface area contributed by atoms with E-state index >= 15 is 0 Å². The van der Waals surface area contributed by atoms with Crippen LogP contribution >= 0.6 is 0 Å². The molecule has 0 bridgehead atoms. The maximum Gasteiger partial charge on any atom is 0.263 e. The average Bonchev–Trinajstić information content (AvgIpc) is 2.84. The Labute approximate surface area is 187 Å². The molecule has 5 rings (SSSR count). The normalized spacial score (nSPS) is 18.0. The summed E-state index contributed by atoms with van der Waals surface area (Å²) in [6.07, 6.45) is 2.94. The Morgan fingerprint density at radius 2 is 1.84 bits per heavy atom. The molecule has 8 heteroatoms. The van der Waals surface area contributed by atoms with Crippen molar-refractivity contribution in [1.29, 1.82) is 0 Å². The van der Waals surface area contributed by atoms with E-state index in [1.165, 1.54) is 5.56 Å². The summed E-state index contributed by atoms with van der Waals surface area (Å²) in [6, 6.07) is 15.6. The number of para-hydroxylation sites is 1. The first-order valence-electron chi connectivity index (χ1n) is 11.0. The van der Waals surface area contributed by atoms with Gasteiger partial charge in [-0.1, -0.05) is 24.3 Å². The highest BCUT2D eigenvalue weighted by Crippen LogP contribution is 2.28. The monoisotopic (exact) mass is 430 g/mol. The number of benzene rings is 1. The van der Waals surface area contributed by atoms with Crippen LogP contribution in [-0.2, 0) is 11.2 Å². The Balaban J connectivity index is 1.22. The van der Waals surface area contributed by atoms with E-state index in [9.17, 15) is 4.79 Å². The molecule has 0 radical (unpaired) electrons. The van der Waals surface area contributed by atoms with Crippen LogP contribution in [0.1, 0.15) is 17.8 Å². The molecule has 1 unspecified atom stereocenters. The molecular weight excluding hydrogens is 404 g/mol. The second-order valence-corrected chi connectivity index (χ2v) is 8.06.